The van der Waals surface area contributed by atoms with Gasteiger partial charge in [0.1, 0.15) is 12.4 Å². The summed E-state index contributed by atoms with van der Waals surface area (Å²) in [5, 5.41) is 0. The van der Waals surface area contributed by atoms with Crippen molar-refractivity contribution in [3.8, 4) is 0 Å². The van der Waals surface area contributed by atoms with Crippen molar-refractivity contribution in [1.82, 2.24) is 9.88 Å². The highest BCUT2D eigenvalue weighted by Crippen LogP contribution is 2.31. The summed E-state index contributed by atoms with van der Waals surface area (Å²) in [5.74, 6) is 0.987. The highest BCUT2D eigenvalue weighted by molar-refractivity contribution is 5.31. The van der Waals surface area contributed by atoms with Crippen LogP contribution in [0.5, 0.6) is 0 Å². The van der Waals surface area contributed by atoms with Crippen molar-refractivity contribution in [3.05, 3.63) is 53.8 Å². The van der Waals surface area contributed by atoms with Crippen LogP contribution in [0.3, 0.4) is 0 Å². The van der Waals surface area contributed by atoms with Crippen molar-refractivity contribution >= 4 is 0 Å². The fraction of sp³-hybridized carbons (Fsp3) is 0.500. The molecule has 2 atom stereocenters. The molecule has 1 aromatic rings. The van der Waals surface area contributed by atoms with Gasteiger partial charge in [-0.05, 0) is 29.7 Å². The molecule has 0 aromatic carbocycles. The Balaban J connectivity index is 1.50. The smallest absolute Gasteiger partial charge is 0.212 e. The molecule has 5 heteroatoms. The van der Waals surface area contributed by atoms with Crippen LogP contribution < -0.4 is 0 Å². The first-order valence-corrected chi connectivity index (χ1v) is 8.17. The van der Waals surface area contributed by atoms with Crippen LogP contribution in [0.2, 0.25) is 0 Å². The molecule has 0 saturated carbocycles. The lowest BCUT2D eigenvalue weighted by Crippen LogP contribution is -2.38. The number of rotatable bonds is 5. The number of aromatic nitrogens is 1. The molecule has 2 heterocycles. The summed E-state index contributed by atoms with van der Waals surface area (Å²) in [4.78, 5) is 6.10. The van der Waals surface area contributed by atoms with Crippen LogP contribution >= 0.6 is 0 Å². The normalized spacial score (nSPS) is 25.2. The topological polar surface area (TPSA) is 34.6 Å². The zero-order chi connectivity index (χ0) is 16.1. The molecule has 0 amide bonds. The molecule has 4 nitrogen and oxygen atoms in total. The average Bonchev–Trinajstić information content (AvgIpc) is 2.57. The second-order valence-corrected chi connectivity index (χ2v) is 6.03. The third kappa shape index (κ3) is 4.39. The molecular formula is C18H23FN2O2. The van der Waals surface area contributed by atoms with Gasteiger partial charge < -0.3 is 9.47 Å². The van der Waals surface area contributed by atoms with Crippen LogP contribution in [-0.4, -0.2) is 49.3 Å². The van der Waals surface area contributed by atoms with Gasteiger partial charge in [-0.15, -0.1) is 0 Å². The Morgan fingerprint density at radius 2 is 2.17 bits per heavy atom. The van der Waals surface area contributed by atoms with Crippen LogP contribution in [0, 0.1) is 11.9 Å². The monoisotopic (exact) mass is 318 g/mol. The van der Waals surface area contributed by atoms with Crippen LogP contribution in [0.4, 0.5) is 4.39 Å². The van der Waals surface area contributed by atoms with E-state index in [0.29, 0.717) is 12.5 Å². The molecule has 1 saturated heterocycles. The van der Waals surface area contributed by atoms with Crippen LogP contribution in [0.1, 0.15) is 18.4 Å². The number of pyridine rings is 1. The maximum atomic E-state index is 12.9. The van der Waals surface area contributed by atoms with Crippen molar-refractivity contribution in [2.45, 2.75) is 12.8 Å². The summed E-state index contributed by atoms with van der Waals surface area (Å²) < 4.78 is 24.1. The lowest BCUT2D eigenvalue weighted by molar-refractivity contribution is 0.0280. The fourth-order valence-electron chi connectivity index (χ4n) is 3.00. The van der Waals surface area contributed by atoms with E-state index in [9.17, 15) is 4.39 Å². The molecule has 1 fully saturated rings. The van der Waals surface area contributed by atoms with Gasteiger partial charge in [0.2, 0.25) is 5.95 Å². The first kappa shape index (κ1) is 16.1. The minimum absolute atomic E-state index is 0.217. The number of halogens is 1. The maximum Gasteiger partial charge on any atom is 0.212 e. The minimum atomic E-state index is -0.441. The second-order valence-electron chi connectivity index (χ2n) is 6.03. The third-order valence-electron chi connectivity index (χ3n) is 4.38. The van der Waals surface area contributed by atoms with Gasteiger partial charge in [0, 0.05) is 31.7 Å². The van der Waals surface area contributed by atoms with E-state index in [1.165, 1.54) is 6.07 Å². The first-order valence-electron chi connectivity index (χ1n) is 8.17. The highest BCUT2D eigenvalue weighted by Gasteiger charge is 2.20. The summed E-state index contributed by atoms with van der Waals surface area (Å²) in [7, 11) is 0. The second kappa shape index (κ2) is 7.70. The summed E-state index contributed by atoms with van der Waals surface area (Å²) in [5.41, 5.74) is 1.03. The van der Waals surface area contributed by atoms with E-state index in [4.69, 9.17) is 9.47 Å². The lowest BCUT2D eigenvalue weighted by atomic mass is 9.84. The van der Waals surface area contributed by atoms with Gasteiger partial charge in [-0.25, -0.2) is 4.98 Å². The minimum Gasteiger partial charge on any atom is -0.493 e. The molecule has 3 rings (SSSR count). The van der Waals surface area contributed by atoms with Gasteiger partial charge in [-0.2, -0.15) is 4.39 Å². The van der Waals surface area contributed by atoms with Crippen molar-refractivity contribution in [3.63, 3.8) is 0 Å². The zero-order valence-electron chi connectivity index (χ0n) is 13.5. The van der Waals surface area contributed by atoms with Gasteiger partial charge in [0.05, 0.1) is 13.2 Å². The number of hydrogen-bond donors (Lipinski definition) is 0. The van der Waals surface area contributed by atoms with Crippen molar-refractivity contribution in [2.75, 3.05) is 39.5 Å². The Morgan fingerprint density at radius 3 is 2.87 bits per heavy atom. The van der Waals surface area contributed by atoms with E-state index >= 15 is 0 Å². The molecule has 1 aliphatic heterocycles. The van der Waals surface area contributed by atoms with Gasteiger partial charge in [-0.1, -0.05) is 19.1 Å². The summed E-state index contributed by atoms with van der Waals surface area (Å²) in [6.07, 6.45) is 7.86. The van der Waals surface area contributed by atoms with Gasteiger partial charge in [0.25, 0.3) is 0 Å². The quantitative estimate of drug-likeness (QED) is 0.782. The van der Waals surface area contributed by atoms with E-state index in [1.54, 1.807) is 12.3 Å². The molecule has 0 bridgehead atoms. The largest absolute Gasteiger partial charge is 0.493 e. The molecule has 0 N–H and O–H groups in total. The number of morpholine rings is 1. The third-order valence-corrected chi connectivity index (χ3v) is 4.38. The molecule has 1 aromatic heterocycles. The molecule has 23 heavy (non-hydrogen) atoms. The van der Waals surface area contributed by atoms with Gasteiger partial charge >= 0.3 is 0 Å². The molecule has 1 aliphatic carbocycles. The Kier molecular flexibility index (Phi) is 5.41. The Morgan fingerprint density at radius 1 is 1.35 bits per heavy atom. The first-order chi connectivity index (χ1) is 11.2. The molecule has 0 spiro atoms. The number of ether oxygens (including phenoxy) is 2. The predicted octanol–water partition coefficient (Wildman–Crippen LogP) is 2.74. The summed E-state index contributed by atoms with van der Waals surface area (Å²) >= 11 is 0. The molecule has 2 unspecified atom stereocenters. The van der Waals surface area contributed by atoms with Gasteiger partial charge in [-0.3, -0.25) is 4.90 Å². The molecule has 0 radical (unpaired) electrons. The van der Waals surface area contributed by atoms with Crippen molar-refractivity contribution in [1.29, 1.82) is 0 Å². The van der Waals surface area contributed by atoms with Gasteiger partial charge in [0.15, 0.2) is 0 Å². The summed E-state index contributed by atoms with van der Waals surface area (Å²) in [6, 6.07) is 3.21. The highest BCUT2D eigenvalue weighted by atomic mass is 19.1. The molecular weight excluding hydrogens is 295 g/mol. The number of allylic oxidation sites excluding steroid dienone is 3. The van der Waals surface area contributed by atoms with Crippen molar-refractivity contribution in [2.24, 2.45) is 5.92 Å². The van der Waals surface area contributed by atoms with Crippen LogP contribution in [0.25, 0.3) is 0 Å². The zero-order valence-corrected chi connectivity index (χ0v) is 13.5. The summed E-state index contributed by atoms with van der Waals surface area (Å²) in [6.45, 7) is 7.34. The number of nitrogens with zero attached hydrogens (tertiary/aromatic N) is 2. The van der Waals surface area contributed by atoms with E-state index in [-0.39, 0.29) is 5.92 Å². The lowest BCUT2D eigenvalue weighted by Gasteiger charge is -2.27. The Hall–Kier alpha value is -1.72. The number of hydrogen-bond acceptors (Lipinski definition) is 4. The predicted molar refractivity (Wildman–Crippen MR) is 86.5 cm³/mol. The van der Waals surface area contributed by atoms with Crippen LogP contribution in [-0.2, 0) is 9.47 Å². The Labute approximate surface area is 136 Å². The fourth-order valence-corrected chi connectivity index (χ4v) is 3.00. The maximum absolute atomic E-state index is 12.9. The van der Waals surface area contributed by atoms with Crippen molar-refractivity contribution < 1.29 is 13.9 Å². The molecule has 2 aliphatic rings. The SMILES string of the molecule is CC1C=C(OCCN2CCOCC2)C=CC1c1ccc(F)nc1. The van der Waals surface area contributed by atoms with E-state index in [0.717, 1.165) is 44.2 Å². The van der Waals surface area contributed by atoms with E-state index in [1.807, 2.05) is 6.08 Å². The average molecular weight is 318 g/mol. The molecule has 124 valence electrons. The van der Waals surface area contributed by atoms with E-state index < -0.39 is 5.95 Å². The van der Waals surface area contributed by atoms with E-state index in [2.05, 4.69) is 29.0 Å². The van der Waals surface area contributed by atoms with Crippen LogP contribution in [0.15, 0.2) is 42.3 Å². The Bertz CT molecular complexity index is 565. The standard InChI is InChI=1S/C18H23FN2O2/c1-14-12-16(23-11-8-21-6-9-22-10-7-21)3-4-17(14)15-2-5-18(19)20-13-15/h2-5,12-14,17H,6-11H2,1H3.